The summed E-state index contributed by atoms with van der Waals surface area (Å²) in [6.45, 7) is 5.10. The molecule has 0 heterocycles. The Morgan fingerprint density at radius 2 is 1.94 bits per heavy atom. The molecule has 1 unspecified atom stereocenters. The molecule has 3 nitrogen and oxygen atoms in total. The van der Waals surface area contributed by atoms with E-state index in [9.17, 15) is 4.79 Å². The zero-order valence-corrected chi connectivity index (χ0v) is 11.9. The maximum Gasteiger partial charge on any atom is 0.236 e. The van der Waals surface area contributed by atoms with Gasteiger partial charge in [0.2, 0.25) is 5.91 Å². The van der Waals surface area contributed by atoms with Crippen LogP contribution in [0.5, 0.6) is 0 Å². The lowest BCUT2D eigenvalue weighted by molar-refractivity contribution is -0.123. The van der Waals surface area contributed by atoms with Crippen LogP contribution in [0.3, 0.4) is 0 Å². The molecule has 0 radical (unpaired) electrons. The van der Waals surface area contributed by atoms with Crippen molar-refractivity contribution in [2.45, 2.75) is 64.8 Å². The van der Waals surface area contributed by atoms with Crippen molar-refractivity contribution in [3.63, 3.8) is 0 Å². The number of rotatable bonds is 6. The standard InChI is InChI=1S/C13H26N2O.ClH/c1-3-7-11(14)12(16)15-10-13(4-2)8-5-6-9-13;/h11H,3-10,14H2,1-2H3,(H,15,16);1H. The van der Waals surface area contributed by atoms with Gasteiger partial charge in [0.15, 0.2) is 0 Å². The molecule has 1 amide bonds. The number of halogens is 1. The molecule has 102 valence electrons. The second kappa shape index (κ2) is 7.93. The van der Waals surface area contributed by atoms with Gasteiger partial charge in [0.25, 0.3) is 0 Å². The van der Waals surface area contributed by atoms with Gasteiger partial charge in [0.1, 0.15) is 0 Å². The third-order valence-electron chi connectivity index (χ3n) is 3.99. The maximum atomic E-state index is 11.7. The van der Waals surface area contributed by atoms with Gasteiger partial charge in [-0.25, -0.2) is 0 Å². The molecule has 0 aromatic carbocycles. The molecule has 0 aromatic heterocycles. The quantitative estimate of drug-likeness (QED) is 0.773. The minimum atomic E-state index is -0.319. The van der Waals surface area contributed by atoms with E-state index in [1.807, 2.05) is 0 Å². The van der Waals surface area contributed by atoms with Gasteiger partial charge in [0, 0.05) is 6.54 Å². The highest BCUT2D eigenvalue weighted by Gasteiger charge is 2.32. The van der Waals surface area contributed by atoms with Crippen molar-refractivity contribution in [1.29, 1.82) is 0 Å². The minimum absolute atomic E-state index is 0. The molecule has 0 aromatic rings. The fourth-order valence-corrected chi connectivity index (χ4v) is 2.63. The normalized spacial score (nSPS) is 19.5. The number of hydrogen-bond acceptors (Lipinski definition) is 2. The van der Waals surface area contributed by atoms with Crippen LogP contribution < -0.4 is 11.1 Å². The first kappa shape index (κ1) is 16.7. The van der Waals surface area contributed by atoms with Crippen molar-refractivity contribution in [2.75, 3.05) is 6.54 Å². The summed E-state index contributed by atoms with van der Waals surface area (Å²) in [6.07, 6.45) is 8.05. The van der Waals surface area contributed by atoms with Gasteiger partial charge in [-0.2, -0.15) is 0 Å². The average Bonchev–Trinajstić information content (AvgIpc) is 2.75. The maximum absolute atomic E-state index is 11.7. The SMILES string of the molecule is CCCC(N)C(=O)NCC1(CC)CCCC1.Cl. The molecular formula is C13H27ClN2O. The lowest BCUT2D eigenvalue weighted by Gasteiger charge is -2.28. The van der Waals surface area contributed by atoms with Crippen molar-refractivity contribution >= 4 is 18.3 Å². The highest BCUT2D eigenvalue weighted by Crippen LogP contribution is 2.40. The van der Waals surface area contributed by atoms with Gasteiger partial charge in [-0.05, 0) is 31.1 Å². The zero-order chi connectivity index (χ0) is 12.0. The summed E-state index contributed by atoms with van der Waals surface area (Å²) in [5.41, 5.74) is 6.15. The third kappa shape index (κ3) is 4.84. The second-order valence-electron chi connectivity index (χ2n) is 5.17. The fraction of sp³-hybridized carbons (Fsp3) is 0.923. The first-order valence-electron chi connectivity index (χ1n) is 6.67. The van der Waals surface area contributed by atoms with Crippen LogP contribution in [0.2, 0.25) is 0 Å². The van der Waals surface area contributed by atoms with E-state index in [1.54, 1.807) is 0 Å². The summed E-state index contributed by atoms with van der Waals surface area (Å²) >= 11 is 0. The smallest absolute Gasteiger partial charge is 0.236 e. The van der Waals surface area contributed by atoms with Crippen molar-refractivity contribution in [3.8, 4) is 0 Å². The Bertz CT molecular complexity index is 227. The van der Waals surface area contributed by atoms with Gasteiger partial charge >= 0.3 is 0 Å². The van der Waals surface area contributed by atoms with Crippen molar-refractivity contribution < 1.29 is 4.79 Å². The molecule has 1 aliphatic carbocycles. The predicted molar refractivity (Wildman–Crippen MR) is 74.3 cm³/mol. The van der Waals surface area contributed by atoms with Gasteiger partial charge in [-0.1, -0.05) is 33.1 Å². The fourth-order valence-electron chi connectivity index (χ4n) is 2.63. The van der Waals surface area contributed by atoms with Gasteiger partial charge in [-0.3, -0.25) is 4.79 Å². The highest BCUT2D eigenvalue weighted by atomic mass is 35.5. The molecular weight excluding hydrogens is 236 g/mol. The van der Waals surface area contributed by atoms with E-state index in [0.29, 0.717) is 5.41 Å². The second-order valence-corrected chi connectivity index (χ2v) is 5.17. The van der Waals surface area contributed by atoms with Gasteiger partial charge in [0.05, 0.1) is 6.04 Å². The van der Waals surface area contributed by atoms with Crippen LogP contribution >= 0.6 is 12.4 Å². The van der Waals surface area contributed by atoms with E-state index in [-0.39, 0.29) is 24.4 Å². The largest absolute Gasteiger partial charge is 0.354 e. The van der Waals surface area contributed by atoms with Gasteiger partial charge < -0.3 is 11.1 Å². The van der Waals surface area contributed by atoms with Crippen LogP contribution in [0.15, 0.2) is 0 Å². The molecule has 1 saturated carbocycles. The van der Waals surface area contributed by atoms with Crippen LogP contribution in [0, 0.1) is 5.41 Å². The Balaban J connectivity index is 0.00000256. The first-order chi connectivity index (χ1) is 7.63. The monoisotopic (exact) mass is 262 g/mol. The number of amides is 1. The van der Waals surface area contributed by atoms with Crippen LogP contribution in [0.25, 0.3) is 0 Å². The lowest BCUT2D eigenvalue weighted by Crippen LogP contribution is -2.44. The van der Waals surface area contributed by atoms with E-state index < -0.39 is 0 Å². The average molecular weight is 263 g/mol. The summed E-state index contributed by atoms with van der Waals surface area (Å²) in [6, 6.07) is -0.319. The van der Waals surface area contributed by atoms with Crippen LogP contribution in [0.1, 0.15) is 58.8 Å². The summed E-state index contributed by atoms with van der Waals surface area (Å²) in [4.78, 5) is 11.7. The van der Waals surface area contributed by atoms with E-state index >= 15 is 0 Å². The molecule has 0 aliphatic heterocycles. The predicted octanol–water partition coefficient (Wildman–Crippen LogP) is 2.62. The number of carbonyl (C=O) groups is 1. The lowest BCUT2D eigenvalue weighted by atomic mass is 9.83. The first-order valence-corrected chi connectivity index (χ1v) is 6.67. The number of hydrogen-bond donors (Lipinski definition) is 2. The van der Waals surface area contributed by atoms with E-state index in [1.165, 1.54) is 25.7 Å². The van der Waals surface area contributed by atoms with E-state index in [2.05, 4.69) is 19.2 Å². The Morgan fingerprint density at radius 1 is 1.35 bits per heavy atom. The van der Waals surface area contributed by atoms with Crippen molar-refractivity contribution in [2.24, 2.45) is 11.1 Å². The molecule has 0 saturated heterocycles. The van der Waals surface area contributed by atoms with Crippen molar-refractivity contribution in [3.05, 3.63) is 0 Å². The Labute approximate surface area is 111 Å². The highest BCUT2D eigenvalue weighted by molar-refractivity contribution is 5.85. The van der Waals surface area contributed by atoms with Gasteiger partial charge in [-0.15, -0.1) is 12.4 Å². The number of nitrogens with one attached hydrogen (secondary N) is 1. The van der Waals surface area contributed by atoms with Crippen LogP contribution in [0.4, 0.5) is 0 Å². The summed E-state index contributed by atoms with van der Waals surface area (Å²) < 4.78 is 0. The molecule has 1 fully saturated rings. The van der Waals surface area contributed by atoms with E-state index in [4.69, 9.17) is 5.73 Å². The summed E-state index contributed by atoms with van der Waals surface area (Å²) in [7, 11) is 0. The molecule has 1 atom stereocenters. The minimum Gasteiger partial charge on any atom is -0.354 e. The third-order valence-corrected chi connectivity index (χ3v) is 3.99. The summed E-state index contributed by atoms with van der Waals surface area (Å²) in [5, 5.41) is 3.04. The molecule has 0 bridgehead atoms. The van der Waals surface area contributed by atoms with E-state index in [0.717, 1.165) is 25.8 Å². The number of carbonyl (C=O) groups excluding carboxylic acids is 1. The molecule has 1 aliphatic rings. The molecule has 0 spiro atoms. The Hall–Kier alpha value is -0.280. The zero-order valence-electron chi connectivity index (χ0n) is 11.1. The Kier molecular flexibility index (Phi) is 7.80. The Morgan fingerprint density at radius 3 is 2.41 bits per heavy atom. The topological polar surface area (TPSA) is 55.1 Å². The molecule has 4 heteroatoms. The van der Waals surface area contributed by atoms with Crippen LogP contribution in [-0.4, -0.2) is 18.5 Å². The van der Waals surface area contributed by atoms with Crippen molar-refractivity contribution in [1.82, 2.24) is 5.32 Å². The number of nitrogens with two attached hydrogens (primary N) is 1. The molecule has 3 N–H and O–H groups in total. The molecule has 17 heavy (non-hydrogen) atoms. The van der Waals surface area contributed by atoms with Crippen LogP contribution in [-0.2, 0) is 4.79 Å². The molecule has 1 rings (SSSR count). The summed E-state index contributed by atoms with van der Waals surface area (Å²) in [5.74, 6) is 0.0292.